The van der Waals surface area contributed by atoms with Crippen LogP contribution in [0.4, 0.5) is 0 Å². The lowest BCUT2D eigenvalue weighted by molar-refractivity contribution is -0.870. The summed E-state index contributed by atoms with van der Waals surface area (Å²) in [5.74, 6) is -0.822. The minimum atomic E-state index is -4.38. The van der Waals surface area contributed by atoms with Gasteiger partial charge in [-0.2, -0.15) is 0 Å². The van der Waals surface area contributed by atoms with Crippen LogP contribution in [0.2, 0.25) is 0 Å². The van der Waals surface area contributed by atoms with Crippen LogP contribution in [0.25, 0.3) is 0 Å². The molecule has 0 spiro atoms. The molecule has 0 aromatic heterocycles. The Morgan fingerprint density at radius 3 is 1.56 bits per heavy atom. The van der Waals surface area contributed by atoms with E-state index < -0.39 is 26.5 Å². The fraction of sp³-hybridized carbons (Fsp3) is 0.778. The molecule has 0 fully saturated rings. The first-order valence-electron chi connectivity index (χ1n) is 21.9. The van der Waals surface area contributed by atoms with Crippen molar-refractivity contribution < 1.29 is 42.1 Å². The van der Waals surface area contributed by atoms with Gasteiger partial charge in [0.2, 0.25) is 0 Å². The van der Waals surface area contributed by atoms with Gasteiger partial charge in [0.25, 0.3) is 0 Å². The molecule has 9 nitrogen and oxygen atoms in total. The monoisotopic (exact) mass is 797 g/mol. The lowest BCUT2D eigenvalue weighted by Crippen LogP contribution is -2.37. The summed E-state index contributed by atoms with van der Waals surface area (Å²) in [5, 5.41) is 0. The maximum absolute atomic E-state index is 12.7. The number of rotatable bonds is 39. The maximum Gasteiger partial charge on any atom is 0.472 e. The van der Waals surface area contributed by atoms with Gasteiger partial charge in [0.1, 0.15) is 19.8 Å². The summed E-state index contributed by atoms with van der Waals surface area (Å²) >= 11 is 0. The van der Waals surface area contributed by atoms with Crippen LogP contribution in [0.1, 0.15) is 174 Å². The third kappa shape index (κ3) is 41.4. The average Bonchev–Trinajstić information content (AvgIpc) is 3.13. The Hall–Kier alpha value is -2.03. The highest BCUT2D eigenvalue weighted by Gasteiger charge is 2.27. The molecular weight excluding hydrogens is 713 g/mol. The van der Waals surface area contributed by atoms with E-state index in [2.05, 4.69) is 62.5 Å². The molecule has 0 aromatic carbocycles. The molecule has 0 amide bonds. The van der Waals surface area contributed by atoms with Crippen LogP contribution in [0, 0.1) is 0 Å². The second kappa shape index (κ2) is 37.5. The summed E-state index contributed by atoms with van der Waals surface area (Å²) < 4.78 is 34.3. The second-order valence-electron chi connectivity index (χ2n) is 15.7. The molecule has 0 radical (unpaired) electrons. The zero-order valence-electron chi connectivity index (χ0n) is 35.9. The number of carbonyl (C=O) groups is 2. The minimum Gasteiger partial charge on any atom is -0.462 e. The van der Waals surface area contributed by atoms with Gasteiger partial charge >= 0.3 is 19.8 Å². The predicted molar refractivity (Wildman–Crippen MR) is 229 cm³/mol. The fourth-order valence-corrected chi connectivity index (χ4v) is 6.41. The molecule has 2 unspecified atom stereocenters. The lowest BCUT2D eigenvalue weighted by atomic mass is 10.1. The Balaban J connectivity index is 4.39. The van der Waals surface area contributed by atoms with Crippen molar-refractivity contribution in [2.45, 2.75) is 180 Å². The van der Waals surface area contributed by atoms with Gasteiger partial charge in [-0.25, -0.2) is 4.57 Å². The first kappa shape index (κ1) is 53.0. The van der Waals surface area contributed by atoms with Crippen molar-refractivity contribution in [2.24, 2.45) is 0 Å². The topological polar surface area (TPSA) is 108 Å². The number of nitrogens with zero attached hydrogens (tertiary/aromatic N) is 1. The molecule has 10 heteroatoms. The summed E-state index contributed by atoms with van der Waals surface area (Å²) in [6.07, 6.45) is 42.9. The van der Waals surface area contributed by atoms with Crippen LogP contribution in [0.5, 0.6) is 0 Å². The van der Waals surface area contributed by atoms with E-state index >= 15 is 0 Å². The smallest absolute Gasteiger partial charge is 0.462 e. The van der Waals surface area contributed by atoms with Crippen molar-refractivity contribution in [2.75, 3.05) is 47.5 Å². The van der Waals surface area contributed by atoms with E-state index in [1.54, 1.807) is 0 Å². The second-order valence-corrected chi connectivity index (χ2v) is 17.1. The highest BCUT2D eigenvalue weighted by atomic mass is 31.2. The number of quaternary nitrogens is 1. The van der Waals surface area contributed by atoms with Crippen LogP contribution in [-0.2, 0) is 32.7 Å². The molecule has 0 saturated carbocycles. The Labute approximate surface area is 337 Å². The van der Waals surface area contributed by atoms with E-state index in [4.69, 9.17) is 18.5 Å². The van der Waals surface area contributed by atoms with Crippen LogP contribution in [-0.4, -0.2) is 74.9 Å². The summed E-state index contributed by atoms with van der Waals surface area (Å²) in [5.41, 5.74) is 0. The molecule has 55 heavy (non-hydrogen) atoms. The van der Waals surface area contributed by atoms with Gasteiger partial charge < -0.3 is 18.9 Å². The highest BCUT2D eigenvalue weighted by molar-refractivity contribution is 7.47. The normalized spacial score (nSPS) is 14.1. The van der Waals surface area contributed by atoms with E-state index in [1.165, 1.54) is 57.8 Å². The molecular formula is C45H83NO8P+. The third-order valence-corrected chi connectivity index (χ3v) is 10.1. The summed E-state index contributed by atoms with van der Waals surface area (Å²) in [4.78, 5) is 35.3. The number of carbonyl (C=O) groups excluding carboxylic acids is 2. The van der Waals surface area contributed by atoms with Crippen LogP contribution < -0.4 is 0 Å². The number of phosphoric acid groups is 1. The number of hydrogen-bond donors (Lipinski definition) is 1. The number of unbranched alkanes of at least 4 members (excludes halogenated alkanes) is 17. The summed E-state index contributed by atoms with van der Waals surface area (Å²) in [7, 11) is 1.46. The van der Waals surface area contributed by atoms with E-state index in [0.29, 0.717) is 17.4 Å². The average molecular weight is 797 g/mol. The molecule has 0 aliphatic heterocycles. The van der Waals surface area contributed by atoms with Crippen molar-refractivity contribution in [3.8, 4) is 0 Å². The molecule has 1 N–H and O–H groups in total. The third-order valence-electron chi connectivity index (χ3n) is 9.09. The molecule has 0 aromatic rings. The molecule has 0 aliphatic rings. The molecule has 0 aliphatic carbocycles. The first-order chi connectivity index (χ1) is 26.5. The molecule has 0 heterocycles. The Morgan fingerprint density at radius 1 is 0.582 bits per heavy atom. The van der Waals surface area contributed by atoms with Crippen molar-refractivity contribution in [1.29, 1.82) is 0 Å². The molecule has 320 valence electrons. The largest absolute Gasteiger partial charge is 0.472 e. The van der Waals surface area contributed by atoms with Crippen molar-refractivity contribution >= 4 is 19.8 Å². The van der Waals surface area contributed by atoms with Gasteiger partial charge in [0.05, 0.1) is 27.7 Å². The first-order valence-corrected chi connectivity index (χ1v) is 23.4. The van der Waals surface area contributed by atoms with Crippen LogP contribution >= 0.6 is 7.82 Å². The predicted octanol–water partition coefficient (Wildman–Crippen LogP) is 12.3. The Kier molecular flexibility index (Phi) is 36.2. The van der Waals surface area contributed by atoms with Gasteiger partial charge in [-0.3, -0.25) is 18.6 Å². The zero-order valence-corrected chi connectivity index (χ0v) is 36.8. The van der Waals surface area contributed by atoms with Crippen molar-refractivity contribution in [1.82, 2.24) is 0 Å². The standard InChI is InChI=1S/C45H82NO8P/c1-6-8-10-12-14-16-18-20-22-23-24-26-28-30-32-34-36-38-45(48)54-43(42-53-55(49,50)52-40-39-46(3,4)5)41-51-44(47)37-35-33-31-29-27-25-21-19-17-15-13-11-9-7-2/h8,10,14,16,19-22,43H,6-7,9,11-13,15,17-18,23-42H2,1-5H3/p+1/b10-8-,16-14-,21-19-,22-20-. The van der Waals surface area contributed by atoms with E-state index in [0.717, 1.165) is 83.5 Å². The minimum absolute atomic E-state index is 0.0269. The lowest BCUT2D eigenvalue weighted by Gasteiger charge is -2.24. The Bertz CT molecular complexity index is 1080. The number of hydrogen-bond acceptors (Lipinski definition) is 7. The summed E-state index contributed by atoms with van der Waals surface area (Å²) in [6, 6.07) is 0. The number of esters is 2. The number of phosphoric ester groups is 1. The van der Waals surface area contributed by atoms with Gasteiger partial charge in [-0.05, 0) is 70.6 Å². The molecule has 2 atom stereocenters. The maximum atomic E-state index is 12.7. The Morgan fingerprint density at radius 2 is 1.04 bits per heavy atom. The van der Waals surface area contributed by atoms with E-state index in [-0.39, 0.29) is 32.0 Å². The van der Waals surface area contributed by atoms with E-state index in [1.807, 2.05) is 21.1 Å². The fourth-order valence-electron chi connectivity index (χ4n) is 5.67. The van der Waals surface area contributed by atoms with E-state index in [9.17, 15) is 19.0 Å². The van der Waals surface area contributed by atoms with Gasteiger partial charge in [-0.1, -0.05) is 140 Å². The van der Waals surface area contributed by atoms with Gasteiger partial charge in [-0.15, -0.1) is 0 Å². The van der Waals surface area contributed by atoms with Gasteiger partial charge in [0.15, 0.2) is 6.10 Å². The zero-order chi connectivity index (χ0) is 40.7. The molecule has 0 rings (SSSR count). The SMILES string of the molecule is CC/C=C\C/C=C\C/C=C\CCCCCCCCCC(=O)OC(COC(=O)CCCCCCC/C=C\CCCCCCC)COP(=O)(O)OCC[N+](C)(C)C. The number of likely N-dealkylation sites (N-methyl/N-ethyl adjacent to an activating group) is 1. The highest BCUT2D eigenvalue weighted by Crippen LogP contribution is 2.43. The molecule has 0 bridgehead atoms. The quantitative estimate of drug-likeness (QED) is 0.0215. The van der Waals surface area contributed by atoms with Crippen LogP contribution in [0.15, 0.2) is 48.6 Å². The number of ether oxygens (including phenoxy) is 2. The van der Waals surface area contributed by atoms with Gasteiger partial charge in [0, 0.05) is 12.8 Å². The summed E-state index contributed by atoms with van der Waals surface area (Å²) in [6.45, 7) is 4.27. The van der Waals surface area contributed by atoms with Crippen molar-refractivity contribution in [3.05, 3.63) is 48.6 Å². The van der Waals surface area contributed by atoms with Crippen molar-refractivity contribution in [3.63, 3.8) is 0 Å². The van der Waals surface area contributed by atoms with Crippen LogP contribution in [0.3, 0.4) is 0 Å². The molecule has 0 saturated heterocycles. The number of allylic oxidation sites excluding steroid dienone is 8.